The van der Waals surface area contributed by atoms with Crippen LogP contribution in [0.2, 0.25) is 0 Å². The lowest BCUT2D eigenvalue weighted by Crippen LogP contribution is -2.47. The van der Waals surface area contributed by atoms with Gasteiger partial charge >= 0.3 is 12.0 Å². The number of isocyanates is 1. The second-order valence-corrected chi connectivity index (χ2v) is 13.1. The highest BCUT2D eigenvalue weighted by atomic mass is 16.5. The van der Waals surface area contributed by atoms with E-state index in [0.29, 0.717) is 45.5 Å². The van der Waals surface area contributed by atoms with Crippen molar-refractivity contribution >= 4 is 24.0 Å². The molecule has 0 bridgehead atoms. The van der Waals surface area contributed by atoms with Gasteiger partial charge in [0.2, 0.25) is 12.0 Å². The van der Waals surface area contributed by atoms with Gasteiger partial charge < -0.3 is 20.7 Å². The van der Waals surface area contributed by atoms with E-state index in [-0.39, 0.29) is 17.9 Å². The van der Waals surface area contributed by atoms with Crippen LogP contribution in [0.5, 0.6) is 0 Å². The Morgan fingerprint density at radius 3 is 1.68 bits per heavy atom. The number of hydrogen-bond donors (Lipinski definition) is 3. The van der Waals surface area contributed by atoms with Gasteiger partial charge in [-0.25, -0.2) is 19.4 Å². The van der Waals surface area contributed by atoms with Crippen LogP contribution in [0, 0.1) is 0 Å². The zero-order valence-electron chi connectivity index (χ0n) is 30.5. The number of esters is 1. The summed E-state index contributed by atoms with van der Waals surface area (Å²) < 4.78 is 5.57. The van der Waals surface area contributed by atoms with Crippen molar-refractivity contribution in [3.63, 3.8) is 0 Å². The summed E-state index contributed by atoms with van der Waals surface area (Å²) in [6.07, 6.45) is 30.7. The highest BCUT2D eigenvalue weighted by molar-refractivity contribution is 5.83. The van der Waals surface area contributed by atoms with Crippen LogP contribution in [0.25, 0.3) is 0 Å². The summed E-state index contributed by atoms with van der Waals surface area (Å²) in [5.74, 6) is -0.296. The third-order valence-corrected chi connectivity index (χ3v) is 8.63. The highest BCUT2D eigenvalue weighted by Gasteiger charge is 2.22. The second-order valence-electron chi connectivity index (χ2n) is 13.1. The predicted molar refractivity (Wildman–Crippen MR) is 193 cm³/mol. The normalized spacial score (nSPS) is 11.4. The Morgan fingerprint density at radius 2 is 1.09 bits per heavy atom. The summed E-state index contributed by atoms with van der Waals surface area (Å²) in [5, 5.41) is 8.66. The van der Waals surface area contributed by atoms with Crippen LogP contribution >= 0.6 is 0 Å². The molecule has 0 aromatic carbocycles. The molecule has 9 nitrogen and oxygen atoms in total. The molecule has 0 saturated carbocycles. The molecule has 9 heteroatoms. The average molecular weight is 665 g/mol. The standard InChI is InChI=1S/C38H72N4O5/c1-3-5-7-9-11-13-15-17-21-27-33-47-37(45)35(42-38(46)41-32-25-20-19-24-30-39-34-43)28-23-26-31-40-36(44)29-22-18-16-14-12-10-8-6-4-2/h35H,3-33H2,1-2H3,(H,40,44)(H2,41,42,46)/t35-/m0/s1. The monoisotopic (exact) mass is 665 g/mol. The maximum atomic E-state index is 12.9. The number of rotatable bonds is 35. The SMILES string of the molecule is CCCCCCCCCCCCOC(=O)[C@H](CCCCNC(=O)CCCCCCCCCCC)NC(=O)NCCCCCCN=C=O. The van der Waals surface area contributed by atoms with Crippen molar-refractivity contribution in [2.24, 2.45) is 4.99 Å². The number of unbranched alkanes of at least 4 members (excludes halogenated alkanes) is 21. The Bertz CT molecular complexity index is 788. The molecule has 1 atom stereocenters. The van der Waals surface area contributed by atoms with Gasteiger partial charge in [-0.1, -0.05) is 136 Å². The average Bonchev–Trinajstić information content (AvgIpc) is 3.06. The lowest BCUT2D eigenvalue weighted by molar-refractivity contribution is -0.146. The Balaban J connectivity index is 4.31. The van der Waals surface area contributed by atoms with Gasteiger partial charge in [0.25, 0.3) is 0 Å². The van der Waals surface area contributed by atoms with Crippen LogP contribution in [0.3, 0.4) is 0 Å². The van der Waals surface area contributed by atoms with E-state index >= 15 is 0 Å². The Hall–Kier alpha value is -2.41. The largest absolute Gasteiger partial charge is 0.464 e. The molecular weight excluding hydrogens is 592 g/mol. The number of carbonyl (C=O) groups excluding carboxylic acids is 4. The number of nitrogens with one attached hydrogen (secondary N) is 3. The summed E-state index contributed by atoms with van der Waals surface area (Å²) in [6.45, 7) is 6.42. The number of amides is 3. The first-order chi connectivity index (χ1) is 23.0. The fourth-order valence-corrected chi connectivity index (χ4v) is 5.62. The number of ether oxygens (including phenoxy) is 1. The van der Waals surface area contributed by atoms with Crippen molar-refractivity contribution in [3.8, 4) is 0 Å². The van der Waals surface area contributed by atoms with Gasteiger partial charge in [0.1, 0.15) is 6.04 Å². The minimum absolute atomic E-state index is 0.0920. The summed E-state index contributed by atoms with van der Waals surface area (Å²) in [4.78, 5) is 51.3. The van der Waals surface area contributed by atoms with Crippen molar-refractivity contribution in [1.82, 2.24) is 16.0 Å². The van der Waals surface area contributed by atoms with Gasteiger partial charge in [0, 0.05) is 19.5 Å². The topological polar surface area (TPSA) is 126 Å². The molecule has 47 heavy (non-hydrogen) atoms. The molecule has 3 N–H and O–H groups in total. The number of aliphatic imine (C=N–C) groups is 1. The molecular formula is C38H72N4O5. The van der Waals surface area contributed by atoms with E-state index in [1.165, 1.54) is 89.9 Å². The van der Waals surface area contributed by atoms with E-state index in [1.807, 2.05) is 0 Å². The van der Waals surface area contributed by atoms with Crippen LogP contribution in [0.1, 0.15) is 187 Å². The second kappa shape index (κ2) is 36.4. The van der Waals surface area contributed by atoms with E-state index in [9.17, 15) is 19.2 Å². The van der Waals surface area contributed by atoms with Gasteiger partial charge in [-0.3, -0.25) is 4.79 Å². The number of urea groups is 1. The maximum absolute atomic E-state index is 12.9. The number of carbonyl (C=O) groups is 3. The van der Waals surface area contributed by atoms with E-state index in [2.05, 4.69) is 34.8 Å². The first-order valence-corrected chi connectivity index (χ1v) is 19.6. The quantitative estimate of drug-likeness (QED) is 0.0269. The van der Waals surface area contributed by atoms with E-state index < -0.39 is 6.04 Å². The molecule has 0 aliphatic heterocycles. The highest BCUT2D eigenvalue weighted by Crippen LogP contribution is 2.12. The Kier molecular flexibility index (Phi) is 34.6. The smallest absolute Gasteiger partial charge is 0.328 e. The summed E-state index contributed by atoms with van der Waals surface area (Å²) in [5.41, 5.74) is 0. The van der Waals surface area contributed by atoms with Gasteiger partial charge in [0.05, 0.1) is 13.2 Å². The minimum atomic E-state index is -0.711. The van der Waals surface area contributed by atoms with Crippen LogP contribution in [-0.2, 0) is 19.1 Å². The van der Waals surface area contributed by atoms with Gasteiger partial charge in [-0.05, 0) is 44.9 Å². The van der Waals surface area contributed by atoms with Gasteiger partial charge in [0.15, 0.2) is 0 Å². The van der Waals surface area contributed by atoms with Crippen LogP contribution in [0.4, 0.5) is 4.79 Å². The summed E-state index contributed by atoms with van der Waals surface area (Å²) in [6, 6.07) is -1.08. The van der Waals surface area contributed by atoms with E-state index in [0.717, 1.165) is 64.2 Å². The molecule has 0 aliphatic carbocycles. The minimum Gasteiger partial charge on any atom is -0.464 e. The lowest BCUT2D eigenvalue weighted by Gasteiger charge is -2.18. The molecule has 0 saturated heterocycles. The Labute approximate surface area is 288 Å². The maximum Gasteiger partial charge on any atom is 0.328 e. The van der Waals surface area contributed by atoms with Crippen molar-refractivity contribution in [1.29, 1.82) is 0 Å². The molecule has 0 aromatic heterocycles. The third kappa shape index (κ3) is 33.3. The third-order valence-electron chi connectivity index (χ3n) is 8.63. The molecule has 0 fully saturated rings. The molecule has 0 rings (SSSR count). The zero-order chi connectivity index (χ0) is 34.5. The fraction of sp³-hybridized carbons (Fsp3) is 0.895. The molecule has 274 valence electrons. The lowest BCUT2D eigenvalue weighted by atomic mass is 10.1. The van der Waals surface area contributed by atoms with Gasteiger partial charge in [-0.2, -0.15) is 0 Å². The van der Waals surface area contributed by atoms with Crippen molar-refractivity contribution in [2.45, 2.75) is 193 Å². The summed E-state index contributed by atoms with van der Waals surface area (Å²) in [7, 11) is 0. The Morgan fingerprint density at radius 1 is 0.596 bits per heavy atom. The van der Waals surface area contributed by atoms with Crippen LogP contribution in [0.15, 0.2) is 4.99 Å². The molecule has 0 heterocycles. The molecule has 0 unspecified atom stereocenters. The molecule has 3 amide bonds. The molecule has 0 aromatic rings. The molecule has 0 radical (unpaired) electrons. The number of nitrogens with zero attached hydrogens (tertiary/aromatic N) is 1. The number of hydrogen-bond acceptors (Lipinski definition) is 6. The predicted octanol–water partition coefficient (Wildman–Crippen LogP) is 9.22. The summed E-state index contributed by atoms with van der Waals surface area (Å²) >= 11 is 0. The van der Waals surface area contributed by atoms with Crippen molar-refractivity contribution in [3.05, 3.63) is 0 Å². The van der Waals surface area contributed by atoms with Gasteiger partial charge in [-0.15, -0.1) is 0 Å². The van der Waals surface area contributed by atoms with E-state index in [1.54, 1.807) is 6.08 Å². The molecule has 0 spiro atoms. The first-order valence-electron chi connectivity index (χ1n) is 19.6. The zero-order valence-corrected chi connectivity index (χ0v) is 30.5. The van der Waals surface area contributed by atoms with Crippen molar-refractivity contribution in [2.75, 3.05) is 26.2 Å². The fourth-order valence-electron chi connectivity index (χ4n) is 5.62. The van der Waals surface area contributed by atoms with Crippen molar-refractivity contribution < 1.29 is 23.9 Å². The molecule has 0 aliphatic rings. The first kappa shape index (κ1) is 44.6. The van der Waals surface area contributed by atoms with Crippen LogP contribution in [-0.4, -0.2) is 56.3 Å². The van der Waals surface area contributed by atoms with E-state index in [4.69, 9.17) is 4.74 Å². The van der Waals surface area contributed by atoms with Crippen LogP contribution < -0.4 is 16.0 Å².